The van der Waals surface area contributed by atoms with E-state index in [2.05, 4.69) is 6.07 Å². The molecule has 1 unspecified atom stereocenters. The first-order chi connectivity index (χ1) is 8.61. The van der Waals surface area contributed by atoms with Crippen LogP contribution in [0.5, 0.6) is 5.75 Å². The summed E-state index contributed by atoms with van der Waals surface area (Å²) in [4.78, 5) is 0. The molecule has 18 heavy (non-hydrogen) atoms. The molecule has 3 nitrogen and oxygen atoms in total. The first kappa shape index (κ1) is 13.4. The molecule has 3 heteroatoms. The molecule has 0 radical (unpaired) electrons. The summed E-state index contributed by atoms with van der Waals surface area (Å²) in [5.74, 6) is 1.51. The monoisotopic (exact) mass is 249 g/mol. The van der Waals surface area contributed by atoms with Crippen LogP contribution in [0.2, 0.25) is 0 Å². The molecule has 0 amide bonds. The fourth-order valence-corrected chi connectivity index (χ4v) is 2.42. The lowest BCUT2D eigenvalue weighted by Crippen LogP contribution is -2.21. The summed E-state index contributed by atoms with van der Waals surface area (Å²) in [6.45, 7) is 5.03. The Balaban J connectivity index is 2.19. The second-order valence-corrected chi connectivity index (χ2v) is 5.36. The first-order valence-electron chi connectivity index (χ1n) is 6.74. The van der Waals surface area contributed by atoms with E-state index < -0.39 is 6.10 Å². The Morgan fingerprint density at radius 2 is 2.11 bits per heavy atom. The number of aryl methyl sites for hydroxylation is 2. The molecule has 1 aromatic rings. The number of ether oxygens (including phenoxy) is 1. The van der Waals surface area contributed by atoms with Gasteiger partial charge in [0.25, 0.3) is 0 Å². The van der Waals surface area contributed by atoms with Crippen LogP contribution in [-0.2, 0) is 0 Å². The molecule has 1 aromatic carbocycles. The zero-order valence-corrected chi connectivity index (χ0v) is 11.3. The van der Waals surface area contributed by atoms with Crippen molar-refractivity contribution in [3.63, 3.8) is 0 Å². The van der Waals surface area contributed by atoms with Crippen LogP contribution < -0.4 is 10.5 Å². The Labute approximate surface area is 109 Å². The van der Waals surface area contributed by atoms with Crippen molar-refractivity contribution in [3.05, 3.63) is 28.8 Å². The summed E-state index contributed by atoms with van der Waals surface area (Å²) in [5, 5.41) is 9.99. The van der Waals surface area contributed by atoms with Gasteiger partial charge in [-0.2, -0.15) is 0 Å². The lowest BCUT2D eigenvalue weighted by atomic mass is 9.86. The molecule has 3 N–H and O–H groups in total. The quantitative estimate of drug-likeness (QED) is 0.843. The van der Waals surface area contributed by atoms with Gasteiger partial charge < -0.3 is 15.6 Å². The predicted octanol–water partition coefficient (Wildman–Crippen LogP) is 2.47. The summed E-state index contributed by atoms with van der Waals surface area (Å²) in [6, 6.07) is 4.06. The minimum absolute atomic E-state index is 0.225. The highest BCUT2D eigenvalue weighted by Gasteiger charge is 2.20. The van der Waals surface area contributed by atoms with Gasteiger partial charge in [0.05, 0.1) is 12.7 Å². The molecular weight excluding hydrogens is 226 g/mol. The van der Waals surface area contributed by atoms with Crippen LogP contribution in [0.15, 0.2) is 12.1 Å². The zero-order chi connectivity index (χ0) is 13.1. The fraction of sp³-hybridized carbons (Fsp3) is 0.600. The smallest absolute Gasteiger partial charge is 0.128 e. The summed E-state index contributed by atoms with van der Waals surface area (Å²) < 4.78 is 5.93. The van der Waals surface area contributed by atoms with Gasteiger partial charge in [-0.25, -0.2) is 0 Å². The van der Waals surface area contributed by atoms with Crippen LogP contribution in [-0.4, -0.2) is 18.3 Å². The van der Waals surface area contributed by atoms with E-state index in [4.69, 9.17) is 10.5 Å². The van der Waals surface area contributed by atoms with Gasteiger partial charge in [-0.1, -0.05) is 18.1 Å². The average molecular weight is 249 g/mol. The van der Waals surface area contributed by atoms with Gasteiger partial charge in [-0.15, -0.1) is 0 Å². The molecule has 100 valence electrons. The maximum absolute atomic E-state index is 9.99. The minimum atomic E-state index is -0.639. The van der Waals surface area contributed by atoms with Gasteiger partial charge in [0.1, 0.15) is 5.75 Å². The summed E-state index contributed by atoms with van der Waals surface area (Å²) in [6.07, 6.45) is 3.21. The largest absolute Gasteiger partial charge is 0.493 e. The van der Waals surface area contributed by atoms with Gasteiger partial charge >= 0.3 is 0 Å². The maximum atomic E-state index is 9.99. The van der Waals surface area contributed by atoms with E-state index >= 15 is 0 Å². The molecule has 1 atom stereocenters. The van der Waals surface area contributed by atoms with Crippen molar-refractivity contribution >= 4 is 0 Å². The third-order valence-corrected chi connectivity index (χ3v) is 3.72. The van der Waals surface area contributed by atoms with Gasteiger partial charge in [-0.3, -0.25) is 0 Å². The molecule has 0 heterocycles. The van der Waals surface area contributed by atoms with E-state index in [0.29, 0.717) is 5.92 Å². The Bertz CT molecular complexity index is 413. The van der Waals surface area contributed by atoms with E-state index in [1.54, 1.807) is 0 Å². The molecule has 1 fully saturated rings. The Kier molecular flexibility index (Phi) is 4.25. The molecule has 0 spiro atoms. The van der Waals surface area contributed by atoms with Crippen LogP contribution in [0.4, 0.5) is 0 Å². The topological polar surface area (TPSA) is 55.5 Å². The van der Waals surface area contributed by atoms with E-state index in [9.17, 15) is 5.11 Å². The normalized spacial score (nSPS) is 17.3. The van der Waals surface area contributed by atoms with Gasteiger partial charge in [0.2, 0.25) is 0 Å². The maximum Gasteiger partial charge on any atom is 0.128 e. The van der Waals surface area contributed by atoms with Crippen LogP contribution >= 0.6 is 0 Å². The zero-order valence-electron chi connectivity index (χ0n) is 11.3. The number of benzene rings is 1. The Morgan fingerprint density at radius 3 is 2.67 bits per heavy atom. The SMILES string of the molecule is Cc1cc(C)c(OCC2CCC2)c(C(O)CN)c1. The highest BCUT2D eigenvalue weighted by Crippen LogP contribution is 2.33. The van der Waals surface area contributed by atoms with Gasteiger partial charge in [0.15, 0.2) is 0 Å². The van der Waals surface area contributed by atoms with Crippen LogP contribution in [0, 0.1) is 19.8 Å². The third kappa shape index (κ3) is 2.85. The lowest BCUT2D eigenvalue weighted by molar-refractivity contribution is 0.159. The summed E-state index contributed by atoms with van der Waals surface area (Å²) >= 11 is 0. The van der Waals surface area contributed by atoms with Crippen molar-refractivity contribution < 1.29 is 9.84 Å². The van der Waals surface area contributed by atoms with Crippen LogP contribution in [0.25, 0.3) is 0 Å². The highest BCUT2D eigenvalue weighted by atomic mass is 16.5. The lowest BCUT2D eigenvalue weighted by Gasteiger charge is -2.27. The summed E-state index contributed by atoms with van der Waals surface area (Å²) in [5.41, 5.74) is 8.60. The van der Waals surface area contributed by atoms with Gasteiger partial charge in [-0.05, 0) is 44.2 Å². The second-order valence-electron chi connectivity index (χ2n) is 5.36. The number of nitrogens with two attached hydrogens (primary N) is 1. The molecular formula is C15H23NO2. The molecule has 1 aliphatic rings. The average Bonchev–Trinajstić information content (AvgIpc) is 2.28. The fourth-order valence-electron chi connectivity index (χ4n) is 2.42. The second kappa shape index (κ2) is 5.72. The molecule has 0 bridgehead atoms. The standard InChI is InChI=1S/C15H23NO2/c1-10-6-11(2)15(13(7-10)14(17)8-16)18-9-12-4-3-5-12/h6-7,12,14,17H,3-5,8-9,16H2,1-2H3. The van der Waals surface area contributed by atoms with Crippen LogP contribution in [0.1, 0.15) is 42.1 Å². The van der Waals surface area contributed by atoms with Crippen molar-refractivity contribution in [1.82, 2.24) is 0 Å². The minimum Gasteiger partial charge on any atom is -0.493 e. The van der Waals surface area contributed by atoms with Crippen molar-refractivity contribution in [2.75, 3.05) is 13.2 Å². The number of rotatable bonds is 5. The van der Waals surface area contributed by atoms with E-state index in [0.717, 1.165) is 29.0 Å². The summed E-state index contributed by atoms with van der Waals surface area (Å²) in [7, 11) is 0. The Morgan fingerprint density at radius 1 is 1.39 bits per heavy atom. The number of hydrogen-bond acceptors (Lipinski definition) is 3. The Hall–Kier alpha value is -1.06. The number of aliphatic hydroxyl groups excluding tert-OH is 1. The number of hydrogen-bond donors (Lipinski definition) is 2. The van der Waals surface area contributed by atoms with Crippen molar-refractivity contribution in [3.8, 4) is 5.75 Å². The first-order valence-corrected chi connectivity index (χ1v) is 6.74. The van der Waals surface area contributed by atoms with Crippen molar-refractivity contribution in [2.45, 2.75) is 39.2 Å². The molecule has 1 aliphatic carbocycles. The molecule has 2 rings (SSSR count). The van der Waals surface area contributed by atoms with E-state index in [-0.39, 0.29) is 6.54 Å². The molecule has 1 saturated carbocycles. The van der Waals surface area contributed by atoms with E-state index in [1.807, 2.05) is 19.9 Å². The third-order valence-electron chi connectivity index (χ3n) is 3.72. The molecule has 0 saturated heterocycles. The number of aliphatic hydroxyl groups is 1. The van der Waals surface area contributed by atoms with Crippen molar-refractivity contribution in [2.24, 2.45) is 11.7 Å². The predicted molar refractivity (Wildman–Crippen MR) is 72.8 cm³/mol. The van der Waals surface area contributed by atoms with Crippen molar-refractivity contribution in [1.29, 1.82) is 0 Å². The van der Waals surface area contributed by atoms with Gasteiger partial charge in [0, 0.05) is 12.1 Å². The highest BCUT2D eigenvalue weighted by molar-refractivity contribution is 5.45. The van der Waals surface area contributed by atoms with Crippen LogP contribution in [0.3, 0.4) is 0 Å². The van der Waals surface area contributed by atoms with E-state index in [1.165, 1.54) is 19.3 Å². The molecule has 0 aromatic heterocycles. The molecule has 0 aliphatic heterocycles.